The van der Waals surface area contributed by atoms with Gasteiger partial charge in [-0.05, 0) is 31.4 Å². The summed E-state index contributed by atoms with van der Waals surface area (Å²) in [5, 5.41) is 2.24. The lowest BCUT2D eigenvalue weighted by molar-refractivity contribution is -0.118. The minimum Gasteiger partial charge on any atom is -0.325 e. The molecule has 0 atom stereocenters. The molecule has 1 aliphatic rings. The van der Waals surface area contributed by atoms with Gasteiger partial charge < -0.3 is 11.1 Å². The zero-order valence-corrected chi connectivity index (χ0v) is 11.2. The Hall–Kier alpha value is -1.01. The molecule has 0 radical (unpaired) electrons. The molecule has 0 aromatic heterocycles. The highest BCUT2D eigenvalue weighted by Crippen LogP contribution is 2.32. The number of carbonyl (C=O) groups excluding carboxylic acids is 1. The van der Waals surface area contributed by atoms with Crippen LogP contribution in [0.2, 0.25) is 0 Å². The molecule has 3 N–H and O–H groups in total. The number of hydrogen-bond acceptors (Lipinski definition) is 2. The molecule has 18 heavy (non-hydrogen) atoms. The second-order valence-electron chi connectivity index (χ2n) is 4.69. The highest BCUT2D eigenvalue weighted by molar-refractivity contribution is 9.10. The summed E-state index contributed by atoms with van der Waals surface area (Å²) in [6.45, 7) is 0. The molecule has 1 aliphatic carbocycles. The Balaban J connectivity index is 2.07. The summed E-state index contributed by atoms with van der Waals surface area (Å²) in [4.78, 5) is 11.7. The topological polar surface area (TPSA) is 55.1 Å². The van der Waals surface area contributed by atoms with Crippen LogP contribution in [0.25, 0.3) is 0 Å². The van der Waals surface area contributed by atoms with Crippen molar-refractivity contribution in [3.63, 3.8) is 0 Å². The molecule has 1 amide bonds. The fourth-order valence-corrected chi connectivity index (χ4v) is 2.37. The van der Waals surface area contributed by atoms with Crippen LogP contribution in [0, 0.1) is 11.6 Å². The van der Waals surface area contributed by atoms with Gasteiger partial charge in [-0.25, -0.2) is 8.78 Å². The summed E-state index contributed by atoms with van der Waals surface area (Å²) >= 11 is 2.97. The minimum absolute atomic E-state index is 0.0853. The molecule has 2 rings (SSSR count). The Morgan fingerprint density at radius 3 is 2.39 bits per heavy atom. The van der Waals surface area contributed by atoms with Crippen molar-refractivity contribution < 1.29 is 13.6 Å². The standard InChI is InChI=1S/C12H13BrF2N2O/c13-7-4-8(14)11(9(15)5-7)17-10(18)6-12(16)2-1-3-12/h4-5H,1-3,6,16H2,(H,17,18). The van der Waals surface area contributed by atoms with E-state index in [9.17, 15) is 13.6 Å². The molecule has 0 saturated heterocycles. The lowest BCUT2D eigenvalue weighted by Crippen LogP contribution is -2.49. The van der Waals surface area contributed by atoms with Gasteiger partial charge in [0.2, 0.25) is 5.91 Å². The molecule has 0 aliphatic heterocycles. The number of anilines is 1. The third kappa shape index (κ3) is 2.87. The van der Waals surface area contributed by atoms with E-state index in [1.807, 2.05) is 0 Å². The van der Waals surface area contributed by atoms with E-state index in [0.29, 0.717) is 0 Å². The molecule has 3 nitrogen and oxygen atoms in total. The first-order chi connectivity index (χ1) is 8.39. The van der Waals surface area contributed by atoms with Crippen molar-refractivity contribution in [1.82, 2.24) is 0 Å². The first-order valence-electron chi connectivity index (χ1n) is 5.63. The third-order valence-corrected chi connectivity index (χ3v) is 3.59. The second kappa shape index (κ2) is 4.93. The molecule has 1 fully saturated rings. The second-order valence-corrected chi connectivity index (χ2v) is 5.60. The van der Waals surface area contributed by atoms with Gasteiger partial charge in [-0.2, -0.15) is 0 Å². The Bertz CT molecular complexity index is 466. The van der Waals surface area contributed by atoms with Crippen LogP contribution in [0.4, 0.5) is 14.5 Å². The lowest BCUT2D eigenvalue weighted by Gasteiger charge is -2.37. The summed E-state index contributed by atoms with van der Waals surface area (Å²) in [5.41, 5.74) is 4.97. The van der Waals surface area contributed by atoms with E-state index >= 15 is 0 Å². The summed E-state index contributed by atoms with van der Waals surface area (Å²) in [6, 6.07) is 2.19. The van der Waals surface area contributed by atoms with Gasteiger partial charge in [0.05, 0.1) is 0 Å². The maximum Gasteiger partial charge on any atom is 0.226 e. The van der Waals surface area contributed by atoms with E-state index in [4.69, 9.17) is 5.73 Å². The number of amides is 1. The van der Waals surface area contributed by atoms with Gasteiger partial charge >= 0.3 is 0 Å². The van der Waals surface area contributed by atoms with Crippen LogP contribution < -0.4 is 11.1 Å². The summed E-state index contributed by atoms with van der Waals surface area (Å²) in [5.74, 6) is -2.08. The van der Waals surface area contributed by atoms with E-state index in [-0.39, 0.29) is 10.9 Å². The fourth-order valence-electron chi connectivity index (χ4n) is 1.97. The third-order valence-electron chi connectivity index (χ3n) is 3.13. The zero-order valence-electron chi connectivity index (χ0n) is 9.60. The van der Waals surface area contributed by atoms with Crippen LogP contribution in [-0.2, 0) is 4.79 Å². The maximum atomic E-state index is 13.5. The van der Waals surface area contributed by atoms with Crippen LogP contribution in [0.1, 0.15) is 25.7 Å². The van der Waals surface area contributed by atoms with E-state index in [1.165, 1.54) is 0 Å². The minimum atomic E-state index is -0.810. The molecule has 6 heteroatoms. The van der Waals surface area contributed by atoms with E-state index in [0.717, 1.165) is 31.4 Å². The van der Waals surface area contributed by atoms with Crippen molar-refractivity contribution in [3.8, 4) is 0 Å². The van der Waals surface area contributed by atoms with E-state index < -0.39 is 28.8 Å². The molecule has 0 unspecified atom stereocenters. The first kappa shape index (κ1) is 13.4. The summed E-state index contributed by atoms with van der Waals surface area (Å²) in [6.07, 6.45) is 2.62. The highest BCUT2D eigenvalue weighted by atomic mass is 79.9. The number of nitrogens with one attached hydrogen (secondary N) is 1. The van der Waals surface area contributed by atoms with Crippen molar-refractivity contribution in [2.45, 2.75) is 31.2 Å². The van der Waals surface area contributed by atoms with Gasteiger partial charge in [0.15, 0.2) is 11.6 Å². The fraction of sp³-hybridized carbons (Fsp3) is 0.417. The van der Waals surface area contributed by atoms with Crippen molar-refractivity contribution in [2.24, 2.45) is 5.73 Å². The largest absolute Gasteiger partial charge is 0.325 e. The zero-order chi connectivity index (χ0) is 13.3. The van der Waals surface area contributed by atoms with Crippen molar-refractivity contribution in [2.75, 3.05) is 5.32 Å². The quantitative estimate of drug-likeness (QED) is 0.900. The van der Waals surface area contributed by atoms with Gasteiger partial charge in [0, 0.05) is 16.4 Å². The average molecular weight is 319 g/mol. The lowest BCUT2D eigenvalue weighted by atomic mass is 9.75. The van der Waals surface area contributed by atoms with Crippen LogP contribution in [0.3, 0.4) is 0 Å². The molecular weight excluding hydrogens is 306 g/mol. The first-order valence-corrected chi connectivity index (χ1v) is 6.42. The SMILES string of the molecule is NC1(CC(=O)Nc2c(F)cc(Br)cc2F)CCC1. The predicted octanol–water partition coefficient (Wildman–Crippen LogP) is 2.94. The number of rotatable bonds is 3. The van der Waals surface area contributed by atoms with E-state index in [2.05, 4.69) is 21.2 Å². The van der Waals surface area contributed by atoms with Gasteiger partial charge in [0.25, 0.3) is 0 Å². The van der Waals surface area contributed by atoms with Crippen molar-refractivity contribution in [3.05, 3.63) is 28.2 Å². The Morgan fingerprint density at radius 2 is 1.94 bits per heavy atom. The molecule has 1 saturated carbocycles. The van der Waals surface area contributed by atoms with Crippen molar-refractivity contribution in [1.29, 1.82) is 0 Å². The smallest absolute Gasteiger partial charge is 0.226 e. The van der Waals surface area contributed by atoms with Crippen LogP contribution in [0.15, 0.2) is 16.6 Å². The van der Waals surface area contributed by atoms with Gasteiger partial charge in [-0.3, -0.25) is 4.79 Å². The Labute approximate surface area is 112 Å². The number of hydrogen-bond donors (Lipinski definition) is 2. The molecule has 0 bridgehead atoms. The van der Waals surface area contributed by atoms with Crippen LogP contribution >= 0.6 is 15.9 Å². The molecule has 98 valence electrons. The van der Waals surface area contributed by atoms with E-state index in [1.54, 1.807) is 0 Å². The molecule has 1 aromatic carbocycles. The molecule has 1 aromatic rings. The number of halogens is 3. The van der Waals surface area contributed by atoms with Crippen LogP contribution in [-0.4, -0.2) is 11.4 Å². The molecular formula is C12H13BrF2N2O. The number of carbonyl (C=O) groups is 1. The molecule has 0 heterocycles. The number of benzene rings is 1. The summed E-state index contributed by atoms with van der Waals surface area (Å²) in [7, 11) is 0. The Morgan fingerprint density at radius 1 is 1.39 bits per heavy atom. The highest BCUT2D eigenvalue weighted by Gasteiger charge is 2.34. The summed E-state index contributed by atoms with van der Waals surface area (Å²) < 4.78 is 27.3. The maximum absolute atomic E-state index is 13.5. The number of nitrogens with two attached hydrogens (primary N) is 1. The molecule has 0 spiro atoms. The van der Waals surface area contributed by atoms with Gasteiger partial charge in [-0.15, -0.1) is 0 Å². The monoisotopic (exact) mass is 318 g/mol. The Kier molecular flexibility index (Phi) is 3.68. The average Bonchev–Trinajstić information content (AvgIpc) is 2.21. The predicted molar refractivity (Wildman–Crippen MR) is 68.1 cm³/mol. The normalized spacial score (nSPS) is 17.1. The van der Waals surface area contributed by atoms with Crippen molar-refractivity contribution >= 4 is 27.5 Å². The van der Waals surface area contributed by atoms with Gasteiger partial charge in [0.1, 0.15) is 5.69 Å². The van der Waals surface area contributed by atoms with Crippen LogP contribution in [0.5, 0.6) is 0 Å². The van der Waals surface area contributed by atoms with Gasteiger partial charge in [-0.1, -0.05) is 15.9 Å².